The van der Waals surface area contributed by atoms with Crippen molar-refractivity contribution in [3.8, 4) is 0 Å². The molecule has 17 heavy (non-hydrogen) atoms. The number of nitrogens with zero attached hydrogens (tertiary/aromatic N) is 1. The van der Waals surface area contributed by atoms with E-state index in [4.69, 9.17) is 5.73 Å². The van der Waals surface area contributed by atoms with E-state index in [1.54, 1.807) is 0 Å². The molecular formula is C14H23N3. The highest BCUT2D eigenvalue weighted by molar-refractivity contribution is 5.47. The third kappa shape index (κ3) is 2.99. The Balaban J connectivity index is 2.10. The van der Waals surface area contributed by atoms with Gasteiger partial charge in [0.05, 0.1) is 5.54 Å². The maximum Gasteiger partial charge on any atom is 0.0622 e. The summed E-state index contributed by atoms with van der Waals surface area (Å²) < 4.78 is 0. The summed E-state index contributed by atoms with van der Waals surface area (Å²) in [4.78, 5) is 2.36. The quantitative estimate of drug-likeness (QED) is 0.837. The van der Waals surface area contributed by atoms with Crippen LogP contribution in [-0.4, -0.2) is 37.1 Å². The van der Waals surface area contributed by atoms with Gasteiger partial charge in [-0.3, -0.25) is 0 Å². The highest BCUT2D eigenvalue weighted by atomic mass is 15.2. The Hall–Kier alpha value is -1.06. The molecule has 3 N–H and O–H groups in total. The molecule has 1 aromatic carbocycles. The van der Waals surface area contributed by atoms with Crippen LogP contribution in [0.2, 0.25) is 0 Å². The largest absolute Gasteiger partial charge is 0.377 e. The fraction of sp³-hybridized carbons (Fsp3) is 0.571. The number of nitrogens with two attached hydrogens (primary N) is 1. The monoisotopic (exact) mass is 233 g/mol. The van der Waals surface area contributed by atoms with Gasteiger partial charge in [-0.1, -0.05) is 17.7 Å². The summed E-state index contributed by atoms with van der Waals surface area (Å²) in [6, 6.07) is 8.56. The number of hydrogen-bond donors (Lipinski definition) is 2. The van der Waals surface area contributed by atoms with Gasteiger partial charge in [0.1, 0.15) is 0 Å². The second kappa shape index (κ2) is 5.07. The van der Waals surface area contributed by atoms with Crippen LogP contribution in [0.15, 0.2) is 24.3 Å². The molecule has 0 spiro atoms. The molecule has 0 saturated carbocycles. The van der Waals surface area contributed by atoms with Crippen molar-refractivity contribution in [2.24, 2.45) is 5.73 Å². The van der Waals surface area contributed by atoms with E-state index in [9.17, 15) is 0 Å². The molecule has 1 fully saturated rings. The van der Waals surface area contributed by atoms with Gasteiger partial charge >= 0.3 is 0 Å². The van der Waals surface area contributed by atoms with E-state index in [2.05, 4.69) is 48.5 Å². The van der Waals surface area contributed by atoms with E-state index in [0.29, 0.717) is 6.54 Å². The SMILES string of the molecule is Cc1ccc(NC2(CN)CCCN(C)C2)cc1. The van der Waals surface area contributed by atoms with Crippen LogP contribution in [0.1, 0.15) is 18.4 Å². The van der Waals surface area contributed by atoms with Crippen LogP contribution in [0, 0.1) is 6.92 Å². The van der Waals surface area contributed by atoms with Gasteiger partial charge in [-0.15, -0.1) is 0 Å². The standard InChI is InChI=1S/C14H23N3/c1-12-4-6-13(7-5-12)16-14(10-15)8-3-9-17(2)11-14/h4-7,16H,3,8-11,15H2,1-2H3. The molecule has 0 amide bonds. The number of rotatable bonds is 3. The second-order valence-electron chi connectivity index (χ2n) is 5.32. The van der Waals surface area contributed by atoms with Crippen molar-refractivity contribution in [3.63, 3.8) is 0 Å². The second-order valence-corrected chi connectivity index (χ2v) is 5.32. The Labute approximate surface area is 104 Å². The summed E-state index contributed by atoms with van der Waals surface area (Å²) in [7, 11) is 2.17. The maximum absolute atomic E-state index is 5.99. The zero-order valence-corrected chi connectivity index (χ0v) is 10.9. The van der Waals surface area contributed by atoms with Gasteiger partial charge in [-0.2, -0.15) is 0 Å². The van der Waals surface area contributed by atoms with Crippen LogP contribution < -0.4 is 11.1 Å². The Morgan fingerprint density at radius 1 is 1.35 bits per heavy atom. The Kier molecular flexibility index (Phi) is 3.69. The molecule has 1 heterocycles. The van der Waals surface area contributed by atoms with Gasteiger partial charge < -0.3 is 16.0 Å². The van der Waals surface area contributed by atoms with Crippen LogP contribution in [0.4, 0.5) is 5.69 Å². The molecule has 3 nitrogen and oxygen atoms in total. The minimum Gasteiger partial charge on any atom is -0.377 e. The average molecular weight is 233 g/mol. The van der Waals surface area contributed by atoms with Gasteiger partial charge in [0.2, 0.25) is 0 Å². The highest BCUT2D eigenvalue weighted by Crippen LogP contribution is 2.24. The molecule has 1 saturated heterocycles. The maximum atomic E-state index is 5.99. The zero-order chi connectivity index (χ0) is 12.3. The van der Waals surface area contributed by atoms with Gasteiger partial charge in [0.25, 0.3) is 0 Å². The third-order valence-electron chi connectivity index (χ3n) is 3.62. The number of hydrogen-bond acceptors (Lipinski definition) is 3. The Bertz CT molecular complexity index is 360. The first-order valence-corrected chi connectivity index (χ1v) is 6.37. The molecule has 1 aliphatic rings. The van der Waals surface area contributed by atoms with Gasteiger partial charge in [0.15, 0.2) is 0 Å². The molecule has 0 aliphatic carbocycles. The van der Waals surface area contributed by atoms with Crippen molar-refractivity contribution in [2.45, 2.75) is 25.3 Å². The molecule has 1 unspecified atom stereocenters. The number of anilines is 1. The van der Waals surface area contributed by atoms with Gasteiger partial charge in [-0.05, 0) is 45.5 Å². The van der Waals surface area contributed by atoms with E-state index in [-0.39, 0.29) is 5.54 Å². The molecule has 3 heteroatoms. The number of aryl methyl sites for hydroxylation is 1. The summed E-state index contributed by atoms with van der Waals surface area (Å²) in [6.07, 6.45) is 2.37. The number of piperidine rings is 1. The molecule has 1 atom stereocenters. The minimum absolute atomic E-state index is 0.0439. The molecule has 0 radical (unpaired) electrons. The first-order valence-electron chi connectivity index (χ1n) is 6.37. The lowest BCUT2D eigenvalue weighted by atomic mass is 9.89. The van der Waals surface area contributed by atoms with Crippen LogP contribution >= 0.6 is 0 Å². The third-order valence-corrected chi connectivity index (χ3v) is 3.62. The van der Waals surface area contributed by atoms with E-state index >= 15 is 0 Å². The smallest absolute Gasteiger partial charge is 0.0622 e. The normalized spacial score (nSPS) is 25.8. The van der Waals surface area contributed by atoms with E-state index < -0.39 is 0 Å². The number of likely N-dealkylation sites (tertiary alicyclic amines) is 1. The molecule has 1 aromatic rings. The lowest BCUT2D eigenvalue weighted by Crippen LogP contribution is -2.56. The van der Waals surface area contributed by atoms with Crippen LogP contribution in [0.5, 0.6) is 0 Å². The van der Waals surface area contributed by atoms with E-state index in [1.165, 1.54) is 24.2 Å². The number of benzene rings is 1. The molecule has 2 rings (SSSR count). The fourth-order valence-electron chi connectivity index (χ4n) is 2.62. The van der Waals surface area contributed by atoms with Crippen molar-refractivity contribution in [1.82, 2.24) is 4.90 Å². The van der Waals surface area contributed by atoms with Crippen LogP contribution in [0.25, 0.3) is 0 Å². The first-order chi connectivity index (χ1) is 8.13. The molecule has 0 bridgehead atoms. The predicted octanol–water partition coefficient (Wildman–Crippen LogP) is 1.83. The molecule has 0 aromatic heterocycles. The zero-order valence-electron chi connectivity index (χ0n) is 10.9. The summed E-state index contributed by atoms with van der Waals surface area (Å²) in [6.45, 7) is 5.00. The van der Waals surface area contributed by atoms with Crippen LogP contribution in [0.3, 0.4) is 0 Å². The number of likely N-dealkylation sites (N-methyl/N-ethyl adjacent to an activating group) is 1. The molecule has 1 aliphatic heterocycles. The van der Waals surface area contributed by atoms with E-state index in [0.717, 1.165) is 13.0 Å². The predicted molar refractivity (Wildman–Crippen MR) is 73.3 cm³/mol. The average Bonchev–Trinajstić information content (AvgIpc) is 2.32. The molecular weight excluding hydrogens is 210 g/mol. The summed E-state index contributed by atoms with van der Waals surface area (Å²) in [5, 5.41) is 3.64. The summed E-state index contributed by atoms with van der Waals surface area (Å²) in [5.41, 5.74) is 8.50. The highest BCUT2D eigenvalue weighted by Gasteiger charge is 2.32. The van der Waals surface area contributed by atoms with Crippen molar-refractivity contribution in [1.29, 1.82) is 0 Å². The minimum atomic E-state index is 0.0439. The summed E-state index contributed by atoms with van der Waals surface area (Å²) in [5.74, 6) is 0. The Morgan fingerprint density at radius 3 is 2.65 bits per heavy atom. The van der Waals surface area contributed by atoms with Gasteiger partial charge in [0, 0.05) is 18.8 Å². The van der Waals surface area contributed by atoms with Gasteiger partial charge in [-0.25, -0.2) is 0 Å². The van der Waals surface area contributed by atoms with E-state index in [1.807, 2.05) is 0 Å². The fourth-order valence-corrected chi connectivity index (χ4v) is 2.62. The van der Waals surface area contributed by atoms with Crippen molar-refractivity contribution < 1.29 is 0 Å². The molecule has 94 valence electrons. The van der Waals surface area contributed by atoms with Crippen LogP contribution in [-0.2, 0) is 0 Å². The van der Waals surface area contributed by atoms with Crippen molar-refractivity contribution >= 4 is 5.69 Å². The topological polar surface area (TPSA) is 41.3 Å². The first kappa shape index (κ1) is 12.4. The number of nitrogens with one attached hydrogen (secondary N) is 1. The van der Waals surface area contributed by atoms with Crippen molar-refractivity contribution in [2.75, 3.05) is 32.0 Å². The lowest BCUT2D eigenvalue weighted by Gasteiger charge is -2.42. The van der Waals surface area contributed by atoms with Crippen molar-refractivity contribution in [3.05, 3.63) is 29.8 Å². The Morgan fingerprint density at radius 2 is 2.06 bits per heavy atom. The summed E-state index contributed by atoms with van der Waals surface area (Å²) >= 11 is 0. The lowest BCUT2D eigenvalue weighted by molar-refractivity contribution is 0.198.